The van der Waals surface area contributed by atoms with Crippen molar-refractivity contribution < 1.29 is 17.9 Å². The molecule has 0 N–H and O–H groups in total. The van der Waals surface area contributed by atoms with E-state index in [2.05, 4.69) is 12.6 Å². The number of benzene rings is 1. The van der Waals surface area contributed by atoms with Gasteiger partial charge in [-0.1, -0.05) is 0 Å². The highest BCUT2D eigenvalue weighted by Gasteiger charge is 2.22. The fourth-order valence-corrected chi connectivity index (χ4v) is 3.29. The largest absolute Gasteiger partial charge is 0.742 e. The van der Waals surface area contributed by atoms with Crippen LogP contribution in [0.2, 0.25) is 0 Å². The maximum atomic E-state index is 12.3. The third kappa shape index (κ3) is 4.47. The molecule has 0 bridgehead atoms. The lowest BCUT2D eigenvalue weighted by atomic mass is 10.2. The first-order chi connectivity index (χ1) is 8.87. The molecular formula is C13H17O4S2-. The Labute approximate surface area is 119 Å². The first kappa shape index (κ1) is 15.9. The van der Waals surface area contributed by atoms with Gasteiger partial charge in [-0.2, -0.15) is 0 Å². The van der Waals surface area contributed by atoms with Crippen LogP contribution in [0.3, 0.4) is 0 Å². The highest BCUT2D eigenvalue weighted by molar-refractivity contribution is 7.92. The summed E-state index contributed by atoms with van der Waals surface area (Å²) in [7, 11) is -1.84. The molecule has 0 aliphatic carbocycles. The smallest absolute Gasteiger partial charge is 0.180 e. The molecule has 0 aromatic heterocycles. The number of hydrogen-bond acceptors (Lipinski definition) is 5. The zero-order valence-corrected chi connectivity index (χ0v) is 12.6. The van der Waals surface area contributed by atoms with Gasteiger partial charge in [0.25, 0.3) is 0 Å². The lowest BCUT2D eigenvalue weighted by Gasteiger charge is -2.13. The summed E-state index contributed by atoms with van der Waals surface area (Å²) in [5, 5.41) is -0.857. The highest BCUT2D eigenvalue weighted by Crippen LogP contribution is 2.22. The molecule has 19 heavy (non-hydrogen) atoms. The van der Waals surface area contributed by atoms with Gasteiger partial charge < -0.3 is 22.2 Å². The second kappa shape index (κ2) is 6.86. The van der Waals surface area contributed by atoms with Crippen LogP contribution in [0.5, 0.6) is 5.75 Å². The van der Waals surface area contributed by atoms with Crippen molar-refractivity contribution in [1.82, 2.24) is 0 Å². The number of carbonyl (C=O) groups is 1. The summed E-state index contributed by atoms with van der Waals surface area (Å²) in [6.45, 7) is 1.65. The molecule has 6 heteroatoms. The third-order valence-corrected chi connectivity index (χ3v) is 5.34. The van der Waals surface area contributed by atoms with Crippen LogP contribution >= 0.6 is 0 Å². The highest BCUT2D eigenvalue weighted by atomic mass is 32.2. The maximum Gasteiger partial charge on any atom is 0.180 e. The lowest BCUT2D eigenvalue weighted by Crippen LogP contribution is -2.18. The molecule has 1 rings (SSSR count). The molecule has 0 radical (unpaired) electrons. The number of carbonyl (C=O) groups excluding carboxylic acids is 1. The molecule has 1 atom stereocenters. The minimum Gasteiger partial charge on any atom is -0.742 e. The lowest BCUT2D eigenvalue weighted by molar-refractivity contribution is -0.111. The van der Waals surface area contributed by atoms with E-state index in [0.29, 0.717) is 18.6 Å². The fourth-order valence-electron chi connectivity index (χ4n) is 1.69. The Morgan fingerprint density at radius 3 is 2.37 bits per heavy atom. The van der Waals surface area contributed by atoms with Crippen LogP contribution in [-0.4, -0.2) is 25.9 Å². The summed E-state index contributed by atoms with van der Waals surface area (Å²) in [5.74, 6) is 0.614. The zero-order chi connectivity index (χ0) is 14.5. The molecule has 106 valence electrons. The zero-order valence-electron chi connectivity index (χ0n) is 11.0. The van der Waals surface area contributed by atoms with Crippen molar-refractivity contribution in [2.45, 2.75) is 36.3 Å². The van der Waals surface area contributed by atoms with Crippen LogP contribution in [0.15, 0.2) is 29.2 Å². The van der Waals surface area contributed by atoms with Gasteiger partial charge in [-0.3, -0.25) is 0 Å². The van der Waals surface area contributed by atoms with Crippen LogP contribution in [0.25, 0.3) is 0 Å². The van der Waals surface area contributed by atoms with Gasteiger partial charge in [0.15, 0.2) is 9.84 Å². The second-order valence-electron chi connectivity index (χ2n) is 4.30. The van der Waals surface area contributed by atoms with Gasteiger partial charge in [-0.25, -0.2) is 8.42 Å². The van der Waals surface area contributed by atoms with Crippen LogP contribution in [0, 0.1) is 0 Å². The van der Waals surface area contributed by atoms with Crippen molar-refractivity contribution in [2.24, 2.45) is 0 Å². The number of ether oxygens (including phenoxy) is 1. The van der Waals surface area contributed by atoms with Crippen LogP contribution in [0.4, 0.5) is 0 Å². The quantitative estimate of drug-likeness (QED) is 0.722. The van der Waals surface area contributed by atoms with E-state index in [1.54, 1.807) is 19.1 Å². The Hall–Kier alpha value is -1.14. The molecule has 1 aromatic rings. The topological polar surface area (TPSA) is 60.4 Å². The number of hydrogen-bond donors (Lipinski definition) is 0. The average molecular weight is 301 g/mol. The normalized spacial score (nSPS) is 12.9. The van der Waals surface area contributed by atoms with Crippen LogP contribution in [-0.2, 0) is 27.3 Å². The van der Waals surface area contributed by atoms with Gasteiger partial charge >= 0.3 is 0 Å². The first-order valence-electron chi connectivity index (χ1n) is 5.95. The minimum atomic E-state index is -3.36. The van der Waals surface area contributed by atoms with E-state index in [9.17, 15) is 13.2 Å². The van der Waals surface area contributed by atoms with Gasteiger partial charge in [-0.15, -0.1) is 0 Å². The Morgan fingerprint density at radius 1 is 1.32 bits per heavy atom. The number of sulfone groups is 1. The maximum absolute atomic E-state index is 12.3. The summed E-state index contributed by atoms with van der Waals surface area (Å²) in [5.41, 5.74) is 0. The van der Waals surface area contributed by atoms with Crippen molar-refractivity contribution in [3.8, 4) is 5.75 Å². The Kier molecular flexibility index (Phi) is 5.75. The predicted octanol–water partition coefficient (Wildman–Crippen LogP) is 2.10. The van der Waals surface area contributed by atoms with E-state index in [0.717, 1.165) is 0 Å². The van der Waals surface area contributed by atoms with Crippen molar-refractivity contribution in [1.29, 1.82) is 0 Å². The SMILES string of the molecule is COc1ccc(S(=O)(=O)C(C)CCCC(=O)[S-])cc1. The fraction of sp³-hybridized carbons (Fsp3) is 0.462. The molecule has 0 fully saturated rings. The molecule has 0 heterocycles. The van der Waals surface area contributed by atoms with E-state index >= 15 is 0 Å². The summed E-state index contributed by atoms with van der Waals surface area (Å²) < 4.78 is 29.5. The van der Waals surface area contributed by atoms with E-state index in [4.69, 9.17) is 4.74 Å². The second-order valence-corrected chi connectivity index (χ2v) is 7.12. The molecule has 1 unspecified atom stereocenters. The molecule has 0 saturated carbocycles. The monoisotopic (exact) mass is 301 g/mol. The Balaban J connectivity index is 2.75. The molecule has 0 spiro atoms. The van der Waals surface area contributed by atoms with Crippen molar-refractivity contribution in [2.75, 3.05) is 7.11 Å². The number of methoxy groups -OCH3 is 1. The summed E-state index contributed by atoms with van der Waals surface area (Å²) in [6.07, 6.45) is 1.17. The Morgan fingerprint density at radius 2 is 1.89 bits per heavy atom. The van der Waals surface area contributed by atoms with Gasteiger partial charge in [-0.05, 0) is 50.5 Å². The summed E-state index contributed by atoms with van der Waals surface area (Å²) in [6, 6.07) is 6.30. The number of rotatable bonds is 7. The van der Waals surface area contributed by atoms with E-state index in [1.165, 1.54) is 19.2 Å². The molecular weight excluding hydrogens is 284 g/mol. The average Bonchev–Trinajstić information content (AvgIpc) is 2.38. The predicted molar refractivity (Wildman–Crippen MR) is 75.9 cm³/mol. The molecule has 0 amide bonds. The first-order valence-corrected chi connectivity index (χ1v) is 7.91. The molecule has 1 aromatic carbocycles. The standard InChI is InChI=1S/C13H18O4S2/c1-10(4-3-5-13(14)18)19(15,16)12-8-6-11(17-2)7-9-12/h6-10H,3-5H2,1-2H3,(H,14,18)/p-1. The van der Waals surface area contributed by atoms with Gasteiger partial charge in [0, 0.05) is 5.12 Å². The van der Waals surface area contributed by atoms with Crippen molar-refractivity contribution in [3.05, 3.63) is 24.3 Å². The molecule has 0 aliphatic rings. The van der Waals surface area contributed by atoms with Crippen LogP contribution in [0.1, 0.15) is 26.2 Å². The Bertz CT molecular complexity index is 520. The van der Waals surface area contributed by atoms with E-state index in [1.807, 2.05) is 0 Å². The van der Waals surface area contributed by atoms with Crippen LogP contribution < -0.4 is 4.74 Å². The van der Waals surface area contributed by atoms with Gasteiger partial charge in [0.1, 0.15) is 5.75 Å². The van der Waals surface area contributed by atoms with Gasteiger partial charge in [0.05, 0.1) is 17.3 Å². The third-order valence-electron chi connectivity index (χ3n) is 2.91. The van der Waals surface area contributed by atoms with Crippen molar-refractivity contribution >= 4 is 27.6 Å². The van der Waals surface area contributed by atoms with Gasteiger partial charge in [0.2, 0.25) is 0 Å². The summed E-state index contributed by atoms with van der Waals surface area (Å²) >= 11 is 4.44. The molecule has 0 saturated heterocycles. The molecule has 4 nitrogen and oxygen atoms in total. The van der Waals surface area contributed by atoms with E-state index < -0.39 is 15.1 Å². The minimum absolute atomic E-state index is 0.248. The van der Waals surface area contributed by atoms with E-state index in [-0.39, 0.29) is 16.4 Å². The van der Waals surface area contributed by atoms with Crippen molar-refractivity contribution in [3.63, 3.8) is 0 Å². The molecule has 0 aliphatic heterocycles. The summed E-state index contributed by atoms with van der Waals surface area (Å²) in [4.78, 5) is 10.9.